The summed E-state index contributed by atoms with van der Waals surface area (Å²) in [5.74, 6) is 2.72. The molecule has 1 fully saturated rings. The van der Waals surface area contributed by atoms with Gasteiger partial charge in [-0.15, -0.1) is 24.0 Å². The fourth-order valence-corrected chi connectivity index (χ4v) is 5.06. The lowest BCUT2D eigenvalue weighted by Crippen LogP contribution is -2.43. The number of hydrogen-bond donors (Lipinski definition) is 2. The molecule has 152 valence electrons. The van der Waals surface area contributed by atoms with E-state index in [2.05, 4.69) is 28.6 Å². The largest absolute Gasteiger partial charge is 0.494 e. The van der Waals surface area contributed by atoms with Crippen LogP contribution in [0.25, 0.3) is 0 Å². The highest BCUT2D eigenvalue weighted by Gasteiger charge is 2.28. The first-order chi connectivity index (χ1) is 12.4. The average molecular weight is 509 g/mol. The molecule has 0 amide bonds. The normalized spacial score (nSPS) is 23.1. The number of benzene rings is 1. The van der Waals surface area contributed by atoms with Crippen molar-refractivity contribution in [3.63, 3.8) is 0 Å². The Hall–Kier alpha value is -1.23. The number of guanidine groups is 1. The molecular weight excluding hydrogens is 481 g/mol. The van der Waals surface area contributed by atoms with Crippen molar-refractivity contribution in [2.45, 2.75) is 45.4 Å². The van der Waals surface area contributed by atoms with Gasteiger partial charge in [-0.25, -0.2) is 8.42 Å². The number of hydrogen-bond acceptors (Lipinski definition) is 5. The van der Waals surface area contributed by atoms with E-state index in [-0.39, 0.29) is 47.6 Å². The zero-order valence-electron chi connectivity index (χ0n) is 15.9. The number of fused-ring (bicyclic) bond motifs is 1. The van der Waals surface area contributed by atoms with E-state index in [0.29, 0.717) is 25.5 Å². The van der Waals surface area contributed by atoms with E-state index in [1.54, 1.807) is 7.05 Å². The Kier molecular flexibility index (Phi) is 7.61. The summed E-state index contributed by atoms with van der Waals surface area (Å²) in [6.45, 7) is 5.12. The SMILES string of the molecule is CCOc1cc2c(cc1CNC(=NC)NC1CCS(=O)(=O)C1)OC(C)C2.I. The van der Waals surface area contributed by atoms with Crippen LogP contribution in [-0.2, 0) is 22.8 Å². The number of rotatable bonds is 5. The van der Waals surface area contributed by atoms with E-state index in [1.165, 1.54) is 5.56 Å². The van der Waals surface area contributed by atoms with Gasteiger partial charge in [0.1, 0.15) is 17.6 Å². The Balaban J connectivity index is 0.00000261. The Morgan fingerprint density at radius 2 is 2.19 bits per heavy atom. The number of halogens is 1. The molecule has 2 aliphatic rings. The number of nitrogens with one attached hydrogen (secondary N) is 2. The van der Waals surface area contributed by atoms with Crippen LogP contribution in [0.3, 0.4) is 0 Å². The van der Waals surface area contributed by atoms with E-state index in [9.17, 15) is 8.42 Å². The fraction of sp³-hybridized carbons (Fsp3) is 0.611. The third-order valence-electron chi connectivity index (χ3n) is 4.62. The van der Waals surface area contributed by atoms with Crippen LogP contribution in [0.4, 0.5) is 0 Å². The summed E-state index contributed by atoms with van der Waals surface area (Å²) in [5, 5.41) is 6.44. The van der Waals surface area contributed by atoms with Crippen LogP contribution >= 0.6 is 24.0 Å². The maximum Gasteiger partial charge on any atom is 0.191 e. The Bertz CT molecular complexity index is 798. The molecule has 0 aromatic heterocycles. The van der Waals surface area contributed by atoms with Crippen LogP contribution in [0.15, 0.2) is 17.1 Å². The van der Waals surface area contributed by atoms with Crippen molar-refractivity contribution in [3.05, 3.63) is 23.3 Å². The first-order valence-electron chi connectivity index (χ1n) is 9.03. The van der Waals surface area contributed by atoms with Gasteiger partial charge in [-0.05, 0) is 32.4 Å². The second kappa shape index (κ2) is 9.31. The van der Waals surface area contributed by atoms with Gasteiger partial charge in [-0.3, -0.25) is 4.99 Å². The molecule has 0 radical (unpaired) electrons. The minimum absolute atomic E-state index is 0. The fourth-order valence-electron chi connectivity index (χ4n) is 3.39. The van der Waals surface area contributed by atoms with Gasteiger partial charge in [0.05, 0.1) is 18.1 Å². The van der Waals surface area contributed by atoms with E-state index >= 15 is 0 Å². The number of aliphatic imine (C=N–C) groups is 1. The highest BCUT2D eigenvalue weighted by Crippen LogP contribution is 2.35. The van der Waals surface area contributed by atoms with E-state index in [4.69, 9.17) is 9.47 Å². The van der Waals surface area contributed by atoms with Crippen molar-refractivity contribution >= 4 is 39.8 Å². The van der Waals surface area contributed by atoms with E-state index < -0.39 is 9.84 Å². The quantitative estimate of drug-likeness (QED) is 0.358. The average Bonchev–Trinajstić information content (AvgIpc) is 3.11. The zero-order chi connectivity index (χ0) is 18.7. The van der Waals surface area contributed by atoms with Crippen LogP contribution in [0, 0.1) is 0 Å². The predicted octanol–water partition coefficient (Wildman–Crippen LogP) is 1.88. The molecule has 0 spiro atoms. The summed E-state index contributed by atoms with van der Waals surface area (Å²) in [5.41, 5.74) is 2.16. The number of sulfone groups is 1. The van der Waals surface area contributed by atoms with Crippen LogP contribution in [-0.4, -0.2) is 51.7 Å². The lowest BCUT2D eigenvalue weighted by Gasteiger charge is -2.18. The molecule has 2 atom stereocenters. The molecule has 0 saturated carbocycles. The van der Waals surface area contributed by atoms with Crippen molar-refractivity contribution in [2.75, 3.05) is 25.2 Å². The Labute approximate surface area is 178 Å². The lowest BCUT2D eigenvalue weighted by molar-refractivity contribution is 0.254. The van der Waals surface area contributed by atoms with Crippen molar-refractivity contribution in [1.82, 2.24) is 10.6 Å². The van der Waals surface area contributed by atoms with Crippen molar-refractivity contribution in [3.8, 4) is 11.5 Å². The second-order valence-corrected chi connectivity index (χ2v) is 9.03. The molecule has 2 aliphatic heterocycles. The van der Waals surface area contributed by atoms with Gasteiger partial charge in [-0.1, -0.05) is 0 Å². The van der Waals surface area contributed by atoms with Gasteiger partial charge in [0, 0.05) is 37.2 Å². The summed E-state index contributed by atoms with van der Waals surface area (Å²) < 4.78 is 34.9. The van der Waals surface area contributed by atoms with Crippen LogP contribution in [0.1, 0.15) is 31.4 Å². The number of nitrogens with zero attached hydrogens (tertiary/aromatic N) is 1. The highest BCUT2D eigenvalue weighted by molar-refractivity contribution is 14.0. The molecule has 0 aliphatic carbocycles. The lowest BCUT2D eigenvalue weighted by atomic mass is 10.1. The molecule has 27 heavy (non-hydrogen) atoms. The molecule has 2 unspecified atom stereocenters. The topological polar surface area (TPSA) is 89.0 Å². The second-order valence-electron chi connectivity index (χ2n) is 6.80. The van der Waals surface area contributed by atoms with Gasteiger partial charge in [0.15, 0.2) is 15.8 Å². The first-order valence-corrected chi connectivity index (χ1v) is 10.8. The standard InChI is InChI=1S/C18H27N3O4S.HI/c1-4-24-16-8-13-7-12(2)25-17(13)9-14(16)10-20-18(19-3)21-15-5-6-26(22,23)11-15;/h8-9,12,15H,4-7,10-11H2,1-3H3,(H2,19,20,21);1H. The molecule has 1 saturated heterocycles. The summed E-state index contributed by atoms with van der Waals surface area (Å²) >= 11 is 0. The predicted molar refractivity (Wildman–Crippen MR) is 117 cm³/mol. The Morgan fingerprint density at radius 1 is 1.41 bits per heavy atom. The van der Waals surface area contributed by atoms with Gasteiger partial charge in [0.2, 0.25) is 0 Å². The van der Waals surface area contributed by atoms with E-state index in [1.807, 2.05) is 13.0 Å². The van der Waals surface area contributed by atoms with Gasteiger partial charge in [-0.2, -0.15) is 0 Å². The molecule has 1 aromatic carbocycles. The molecule has 9 heteroatoms. The highest BCUT2D eigenvalue weighted by atomic mass is 127. The van der Waals surface area contributed by atoms with Crippen LogP contribution in [0.5, 0.6) is 11.5 Å². The Morgan fingerprint density at radius 3 is 2.81 bits per heavy atom. The summed E-state index contributed by atoms with van der Waals surface area (Å²) in [6, 6.07) is 3.98. The van der Waals surface area contributed by atoms with Crippen molar-refractivity contribution in [1.29, 1.82) is 0 Å². The van der Waals surface area contributed by atoms with E-state index in [0.717, 1.165) is 23.5 Å². The summed E-state index contributed by atoms with van der Waals surface area (Å²) in [7, 11) is -1.25. The molecule has 0 bridgehead atoms. The molecule has 1 aromatic rings. The minimum Gasteiger partial charge on any atom is -0.494 e. The van der Waals surface area contributed by atoms with Crippen molar-refractivity contribution in [2.24, 2.45) is 4.99 Å². The molecule has 2 heterocycles. The molecular formula is C18H28IN3O4S. The number of ether oxygens (including phenoxy) is 2. The minimum atomic E-state index is -2.92. The molecule has 3 rings (SSSR count). The van der Waals surface area contributed by atoms with Gasteiger partial charge < -0.3 is 20.1 Å². The third kappa shape index (κ3) is 5.63. The monoisotopic (exact) mass is 509 g/mol. The summed E-state index contributed by atoms with van der Waals surface area (Å²) in [4.78, 5) is 4.20. The van der Waals surface area contributed by atoms with Crippen LogP contribution in [0.2, 0.25) is 0 Å². The van der Waals surface area contributed by atoms with Gasteiger partial charge in [0.25, 0.3) is 0 Å². The third-order valence-corrected chi connectivity index (χ3v) is 6.39. The van der Waals surface area contributed by atoms with Crippen molar-refractivity contribution < 1.29 is 17.9 Å². The van der Waals surface area contributed by atoms with Crippen LogP contribution < -0.4 is 20.1 Å². The molecule has 2 N–H and O–H groups in total. The summed E-state index contributed by atoms with van der Waals surface area (Å²) in [6.07, 6.45) is 1.68. The van der Waals surface area contributed by atoms with Gasteiger partial charge >= 0.3 is 0 Å². The zero-order valence-corrected chi connectivity index (χ0v) is 19.1. The first kappa shape index (κ1) is 22.1. The maximum atomic E-state index is 11.6. The maximum absolute atomic E-state index is 11.6. The molecule has 7 nitrogen and oxygen atoms in total. The smallest absolute Gasteiger partial charge is 0.191 e.